The molecule has 1 saturated heterocycles. The van der Waals surface area contributed by atoms with E-state index in [1.54, 1.807) is 11.8 Å². The molecule has 9 heteroatoms. The largest absolute Gasteiger partial charge is 0.349 e. The number of rotatable bonds is 8. The van der Waals surface area contributed by atoms with Crippen LogP contribution in [0.1, 0.15) is 40.6 Å². The fraction of sp³-hybridized carbons (Fsp3) is 0.429. The molecule has 1 aliphatic rings. The molecule has 0 saturated carbocycles. The van der Waals surface area contributed by atoms with E-state index in [2.05, 4.69) is 25.4 Å². The van der Waals surface area contributed by atoms with E-state index >= 15 is 0 Å². The van der Waals surface area contributed by atoms with Gasteiger partial charge in [-0.2, -0.15) is 0 Å². The number of carbonyl (C=O) groups is 1. The van der Waals surface area contributed by atoms with Gasteiger partial charge in [-0.1, -0.05) is 36.4 Å². The lowest BCUT2D eigenvalue weighted by Crippen LogP contribution is -2.37. The van der Waals surface area contributed by atoms with Gasteiger partial charge in [-0.3, -0.25) is 9.36 Å². The monoisotopic (exact) mass is 442 g/mol. The first-order chi connectivity index (χ1) is 14.7. The highest BCUT2D eigenvalue weighted by Crippen LogP contribution is 2.26. The lowest BCUT2D eigenvalue weighted by atomic mass is 10.1. The van der Waals surface area contributed by atoms with Crippen molar-refractivity contribution in [2.75, 3.05) is 26.2 Å². The Morgan fingerprint density at radius 2 is 1.97 bits per heavy atom. The van der Waals surface area contributed by atoms with Crippen LogP contribution in [0.15, 0.2) is 40.9 Å². The molecule has 0 radical (unpaired) electrons. The molecular formula is C21H26N6OS2. The van der Waals surface area contributed by atoms with Gasteiger partial charge in [-0.15, -0.1) is 21.5 Å². The lowest BCUT2D eigenvalue weighted by Gasteiger charge is -2.26. The van der Waals surface area contributed by atoms with Crippen molar-refractivity contribution in [3.8, 4) is 5.69 Å². The van der Waals surface area contributed by atoms with E-state index in [4.69, 9.17) is 0 Å². The molecule has 0 bridgehead atoms. The first kappa shape index (κ1) is 21.0. The molecule has 0 aliphatic carbocycles. The summed E-state index contributed by atoms with van der Waals surface area (Å²) < 4.78 is 2.03. The van der Waals surface area contributed by atoms with Crippen LogP contribution in [0.2, 0.25) is 0 Å². The molecule has 7 nitrogen and oxygen atoms in total. The maximum atomic E-state index is 12.4. The van der Waals surface area contributed by atoms with E-state index in [0.717, 1.165) is 41.3 Å². The maximum Gasteiger partial charge on any atom is 0.270 e. The molecule has 1 N–H and O–H groups in total. The number of amides is 1. The van der Waals surface area contributed by atoms with Gasteiger partial charge in [-0.25, -0.2) is 4.98 Å². The Kier molecular flexibility index (Phi) is 7.14. The number of carbonyl (C=O) groups excluding carboxylic acids is 1. The summed E-state index contributed by atoms with van der Waals surface area (Å²) in [6, 6.07) is 10.1. The van der Waals surface area contributed by atoms with Gasteiger partial charge in [0.25, 0.3) is 5.91 Å². The molecule has 158 valence electrons. The molecule has 30 heavy (non-hydrogen) atoms. The van der Waals surface area contributed by atoms with E-state index < -0.39 is 0 Å². The number of piperidine rings is 1. The van der Waals surface area contributed by atoms with E-state index in [9.17, 15) is 4.79 Å². The van der Waals surface area contributed by atoms with Gasteiger partial charge in [0, 0.05) is 24.2 Å². The number of thioether (sulfide) groups is 1. The number of hydrogen-bond acceptors (Lipinski definition) is 7. The lowest BCUT2D eigenvalue weighted by molar-refractivity contribution is 0.0942. The summed E-state index contributed by atoms with van der Waals surface area (Å²) >= 11 is 3.08. The van der Waals surface area contributed by atoms with Crippen molar-refractivity contribution in [2.24, 2.45) is 0 Å². The number of benzene rings is 1. The van der Waals surface area contributed by atoms with Crippen LogP contribution < -0.4 is 5.32 Å². The molecule has 2 aromatic heterocycles. The second-order valence-electron chi connectivity index (χ2n) is 7.27. The van der Waals surface area contributed by atoms with E-state index in [1.807, 2.05) is 47.2 Å². The second-order valence-corrected chi connectivity index (χ2v) is 9.16. The van der Waals surface area contributed by atoms with Gasteiger partial charge in [0.2, 0.25) is 0 Å². The Morgan fingerprint density at radius 3 is 2.77 bits per heavy atom. The zero-order valence-corrected chi connectivity index (χ0v) is 18.7. The number of likely N-dealkylation sites (tertiary alicyclic amines) is 1. The van der Waals surface area contributed by atoms with Gasteiger partial charge >= 0.3 is 0 Å². The minimum Gasteiger partial charge on any atom is -0.349 e. The Bertz CT molecular complexity index is 965. The van der Waals surface area contributed by atoms with Crippen molar-refractivity contribution < 1.29 is 4.79 Å². The number of para-hydroxylation sites is 1. The smallest absolute Gasteiger partial charge is 0.270 e. The van der Waals surface area contributed by atoms with E-state index in [-0.39, 0.29) is 5.91 Å². The molecule has 3 aromatic rings. The van der Waals surface area contributed by atoms with Crippen LogP contribution >= 0.6 is 23.1 Å². The van der Waals surface area contributed by atoms with Crippen LogP contribution in [0.25, 0.3) is 5.69 Å². The number of nitrogens with one attached hydrogen (secondary N) is 1. The molecule has 1 amide bonds. The molecule has 1 fully saturated rings. The number of thiazole rings is 1. The zero-order chi connectivity index (χ0) is 20.8. The molecular weight excluding hydrogens is 416 g/mol. The van der Waals surface area contributed by atoms with Gasteiger partial charge < -0.3 is 10.2 Å². The summed E-state index contributed by atoms with van der Waals surface area (Å²) in [6.07, 6.45) is 3.85. The average Bonchev–Trinajstić information content (AvgIpc) is 3.40. The highest BCUT2D eigenvalue weighted by molar-refractivity contribution is 7.98. The summed E-state index contributed by atoms with van der Waals surface area (Å²) in [6.45, 7) is 5.80. The summed E-state index contributed by atoms with van der Waals surface area (Å²) in [5, 5.41) is 15.1. The highest BCUT2D eigenvalue weighted by atomic mass is 32.2. The van der Waals surface area contributed by atoms with E-state index in [1.165, 1.54) is 30.6 Å². The van der Waals surface area contributed by atoms with Gasteiger partial charge in [0.1, 0.15) is 16.5 Å². The topological polar surface area (TPSA) is 75.9 Å². The van der Waals surface area contributed by atoms with Crippen LogP contribution in [-0.2, 0) is 5.75 Å². The van der Waals surface area contributed by atoms with Crippen molar-refractivity contribution >= 4 is 29.0 Å². The first-order valence-electron chi connectivity index (χ1n) is 10.3. The predicted octanol–water partition coefficient (Wildman–Crippen LogP) is 3.54. The van der Waals surface area contributed by atoms with Crippen LogP contribution in [0.4, 0.5) is 0 Å². The summed E-state index contributed by atoms with van der Waals surface area (Å²) in [7, 11) is 0. The number of aryl methyl sites for hydroxylation is 1. The third-order valence-corrected chi connectivity index (χ3v) is 7.05. The Labute approximate surface area is 184 Å². The fourth-order valence-corrected chi connectivity index (χ4v) is 5.31. The van der Waals surface area contributed by atoms with Crippen LogP contribution in [0.5, 0.6) is 0 Å². The van der Waals surface area contributed by atoms with Crippen LogP contribution in [0.3, 0.4) is 0 Å². The van der Waals surface area contributed by atoms with Crippen molar-refractivity contribution in [3.63, 3.8) is 0 Å². The summed E-state index contributed by atoms with van der Waals surface area (Å²) in [4.78, 5) is 19.3. The van der Waals surface area contributed by atoms with Crippen molar-refractivity contribution in [1.82, 2.24) is 30.0 Å². The van der Waals surface area contributed by atoms with E-state index in [0.29, 0.717) is 18.0 Å². The van der Waals surface area contributed by atoms with Crippen LogP contribution in [0, 0.1) is 6.92 Å². The Morgan fingerprint density at radius 1 is 1.17 bits per heavy atom. The van der Waals surface area contributed by atoms with Gasteiger partial charge in [-0.05, 0) is 45.0 Å². The SMILES string of the molecule is Cc1nnc(SCc2nc(C(=O)NCCN3CCCCC3)cs2)n1-c1ccccc1. The second kappa shape index (κ2) is 10.2. The Hall–Kier alpha value is -2.23. The van der Waals surface area contributed by atoms with Crippen molar-refractivity contribution in [2.45, 2.75) is 37.1 Å². The third-order valence-electron chi connectivity index (χ3n) is 5.08. The summed E-state index contributed by atoms with van der Waals surface area (Å²) in [5.41, 5.74) is 1.53. The average molecular weight is 443 g/mol. The third kappa shape index (κ3) is 5.27. The molecule has 0 unspecified atom stereocenters. The first-order valence-corrected chi connectivity index (χ1v) is 12.1. The minimum atomic E-state index is -0.0946. The highest BCUT2D eigenvalue weighted by Gasteiger charge is 2.15. The summed E-state index contributed by atoms with van der Waals surface area (Å²) in [5.74, 6) is 1.40. The standard InChI is InChI=1S/C21H26N6OS2/c1-16-24-25-21(27(16)17-8-4-2-5-9-17)30-15-19-23-18(14-29-19)20(28)22-10-13-26-11-6-3-7-12-26/h2,4-5,8-9,14H,3,6-7,10-13,15H2,1H3,(H,22,28). The molecule has 3 heterocycles. The van der Waals surface area contributed by atoms with Gasteiger partial charge in [0.15, 0.2) is 5.16 Å². The van der Waals surface area contributed by atoms with Crippen LogP contribution in [-0.4, -0.2) is 56.7 Å². The maximum absolute atomic E-state index is 12.4. The molecule has 1 aliphatic heterocycles. The van der Waals surface area contributed by atoms with Crippen molar-refractivity contribution in [3.05, 3.63) is 52.2 Å². The van der Waals surface area contributed by atoms with Crippen molar-refractivity contribution in [1.29, 1.82) is 0 Å². The Balaban J connectivity index is 1.30. The fourth-order valence-electron chi connectivity index (χ4n) is 3.52. The normalized spacial score (nSPS) is 14.7. The predicted molar refractivity (Wildman–Crippen MR) is 120 cm³/mol. The number of hydrogen-bond donors (Lipinski definition) is 1. The molecule has 0 atom stereocenters. The number of aromatic nitrogens is 4. The minimum absolute atomic E-state index is 0.0946. The molecule has 0 spiro atoms. The quantitative estimate of drug-likeness (QED) is 0.538. The zero-order valence-electron chi connectivity index (χ0n) is 17.1. The van der Waals surface area contributed by atoms with Gasteiger partial charge in [0.05, 0.1) is 5.75 Å². The number of nitrogens with zero attached hydrogens (tertiary/aromatic N) is 5. The molecule has 1 aromatic carbocycles. The molecule has 4 rings (SSSR count).